The predicted octanol–water partition coefficient (Wildman–Crippen LogP) is 1.06. The zero-order valence-electron chi connectivity index (χ0n) is 9.92. The zero-order valence-corrected chi connectivity index (χ0v) is 9.92. The van der Waals surface area contributed by atoms with Gasteiger partial charge < -0.3 is 10.0 Å². The topological polar surface area (TPSA) is 53.4 Å². The highest BCUT2D eigenvalue weighted by molar-refractivity contribution is 5.94. The molecule has 0 radical (unpaired) electrons. The highest BCUT2D eigenvalue weighted by atomic mass is 19.1. The summed E-state index contributed by atoms with van der Waals surface area (Å²) >= 11 is 0. The predicted molar refractivity (Wildman–Crippen MR) is 62.3 cm³/mol. The van der Waals surface area contributed by atoms with Crippen LogP contribution in [0.3, 0.4) is 0 Å². The SMILES string of the molecule is O=C(c1ccc(F)nc1)N1CC2CCC(O)C2C1. The third-order valence-corrected chi connectivity index (χ3v) is 4.08. The van der Waals surface area contributed by atoms with Crippen molar-refractivity contribution in [1.29, 1.82) is 0 Å². The number of halogens is 1. The lowest BCUT2D eigenvalue weighted by Crippen LogP contribution is -2.31. The van der Waals surface area contributed by atoms with E-state index in [4.69, 9.17) is 0 Å². The Balaban J connectivity index is 1.73. The van der Waals surface area contributed by atoms with E-state index in [1.807, 2.05) is 0 Å². The van der Waals surface area contributed by atoms with Crippen LogP contribution in [-0.4, -0.2) is 40.1 Å². The molecule has 4 nitrogen and oxygen atoms in total. The van der Waals surface area contributed by atoms with Gasteiger partial charge in [-0.1, -0.05) is 0 Å². The summed E-state index contributed by atoms with van der Waals surface area (Å²) in [5, 5.41) is 9.81. The van der Waals surface area contributed by atoms with E-state index in [9.17, 15) is 14.3 Å². The highest BCUT2D eigenvalue weighted by Crippen LogP contribution is 2.38. The first-order valence-corrected chi connectivity index (χ1v) is 6.24. The number of likely N-dealkylation sites (tertiary alicyclic amines) is 1. The molecule has 2 fully saturated rings. The monoisotopic (exact) mass is 250 g/mol. The van der Waals surface area contributed by atoms with Crippen molar-refractivity contribution in [3.05, 3.63) is 29.8 Å². The molecule has 1 aliphatic carbocycles. The quantitative estimate of drug-likeness (QED) is 0.758. The van der Waals surface area contributed by atoms with E-state index in [1.54, 1.807) is 4.90 Å². The van der Waals surface area contributed by atoms with Crippen LogP contribution in [0.5, 0.6) is 0 Å². The van der Waals surface area contributed by atoms with Gasteiger partial charge in [-0.15, -0.1) is 0 Å². The van der Waals surface area contributed by atoms with Gasteiger partial charge in [0.05, 0.1) is 11.7 Å². The van der Waals surface area contributed by atoms with Crippen LogP contribution < -0.4 is 0 Å². The van der Waals surface area contributed by atoms with Gasteiger partial charge in [0.2, 0.25) is 5.95 Å². The Kier molecular flexibility index (Phi) is 2.78. The number of rotatable bonds is 1. The van der Waals surface area contributed by atoms with Crippen molar-refractivity contribution in [2.45, 2.75) is 18.9 Å². The molecule has 1 aliphatic heterocycles. The van der Waals surface area contributed by atoms with E-state index < -0.39 is 5.95 Å². The molecule has 3 unspecified atom stereocenters. The van der Waals surface area contributed by atoms with E-state index in [2.05, 4.69) is 4.98 Å². The minimum absolute atomic E-state index is 0.121. The van der Waals surface area contributed by atoms with Crippen LogP contribution >= 0.6 is 0 Å². The Labute approximate surface area is 104 Å². The molecule has 3 rings (SSSR count). The fourth-order valence-corrected chi connectivity index (χ4v) is 3.09. The van der Waals surface area contributed by atoms with Crippen molar-refractivity contribution >= 4 is 5.91 Å². The normalized spacial score (nSPS) is 30.6. The molecular formula is C13H15FN2O2. The molecule has 2 heterocycles. The summed E-state index contributed by atoms with van der Waals surface area (Å²) in [4.78, 5) is 17.4. The zero-order chi connectivity index (χ0) is 12.7. The third kappa shape index (κ3) is 1.88. The lowest BCUT2D eigenvalue weighted by Gasteiger charge is -2.18. The number of aliphatic hydroxyl groups excluding tert-OH is 1. The van der Waals surface area contributed by atoms with Crippen molar-refractivity contribution in [3.8, 4) is 0 Å². The van der Waals surface area contributed by atoms with Crippen molar-refractivity contribution in [1.82, 2.24) is 9.88 Å². The smallest absolute Gasteiger partial charge is 0.255 e. The van der Waals surface area contributed by atoms with Gasteiger partial charge in [0.1, 0.15) is 0 Å². The number of hydrogen-bond donors (Lipinski definition) is 1. The standard InChI is InChI=1S/C13H15FN2O2/c14-12-4-2-8(5-15-12)13(18)16-6-9-1-3-11(17)10(9)7-16/h2,4-5,9-11,17H,1,3,6-7H2. The summed E-state index contributed by atoms with van der Waals surface area (Å²) in [5.74, 6) is -0.0796. The minimum Gasteiger partial charge on any atom is -0.393 e. The molecule has 1 aromatic rings. The van der Waals surface area contributed by atoms with Gasteiger partial charge in [0.25, 0.3) is 5.91 Å². The lowest BCUT2D eigenvalue weighted by atomic mass is 10.00. The fraction of sp³-hybridized carbons (Fsp3) is 0.538. The average Bonchev–Trinajstić information content (AvgIpc) is 2.92. The Bertz CT molecular complexity index is 463. The van der Waals surface area contributed by atoms with E-state index in [0.717, 1.165) is 12.8 Å². The van der Waals surface area contributed by atoms with Crippen LogP contribution in [0.4, 0.5) is 4.39 Å². The van der Waals surface area contributed by atoms with Crippen molar-refractivity contribution < 1.29 is 14.3 Å². The summed E-state index contributed by atoms with van der Waals surface area (Å²) in [6.07, 6.45) is 2.81. The first-order chi connectivity index (χ1) is 8.65. The van der Waals surface area contributed by atoms with Crippen molar-refractivity contribution in [2.75, 3.05) is 13.1 Å². The molecule has 0 bridgehead atoms. The van der Waals surface area contributed by atoms with E-state index >= 15 is 0 Å². The van der Waals surface area contributed by atoms with Gasteiger partial charge >= 0.3 is 0 Å². The molecular weight excluding hydrogens is 235 g/mol. The fourth-order valence-electron chi connectivity index (χ4n) is 3.09. The Morgan fingerprint density at radius 1 is 1.39 bits per heavy atom. The lowest BCUT2D eigenvalue weighted by molar-refractivity contribution is 0.0752. The largest absolute Gasteiger partial charge is 0.393 e. The molecule has 18 heavy (non-hydrogen) atoms. The maximum absolute atomic E-state index is 12.7. The van der Waals surface area contributed by atoms with Crippen LogP contribution in [-0.2, 0) is 0 Å². The molecule has 1 saturated carbocycles. The van der Waals surface area contributed by atoms with Crippen LogP contribution in [0.15, 0.2) is 18.3 Å². The number of hydrogen-bond acceptors (Lipinski definition) is 3. The number of aliphatic hydroxyl groups is 1. The van der Waals surface area contributed by atoms with Gasteiger partial charge in [-0.2, -0.15) is 4.39 Å². The number of fused-ring (bicyclic) bond motifs is 1. The van der Waals surface area contributed by atoms with Crippen molar-refractivity contribution in [2.24, 2.45) is 11.8 Å². The molecule has 2 aliphatic rings. The van der Waals surface area contributed by atoms with Crippen LogP contribution in [0.25, 0.3) is 0 Å². The van der Waals surface area contributed by atoms with Gasteiger partial charge in [0.15, 0.2) is 0 Å². The number of carbonyl (C=O) groups is 1. The first kappa shape index (κ1) is 11.6. The molecule has 3 atom stereocenters. The Morgan fingerprint density at radius 2 is 2.22 bits per heavy atom. The van der Waals surface area contributed by atoms with Crippen LogP contribution in [0.1, 0.15) is 23.2 Å². The second-order valence-corrected chi connectivity index (χ2v) is 5.15. The number of aromatic nitrogens is 1. The van der Waals surface area contributed by atoms with E-state index in [1.165, 1.54) is 18.3 Å². The molecule has 1 N–H and O–H groups in total. The Morgan fingerprint density at radius 3 is 2.89 bits per heavy atom. The van der Waals surface area contributed by atoms with Crippen LogP contribution in [0.2, 0.25) is 0 Å². The van der Waals surface area contributed by atoms with E-state index in [-0.39, 0.29) is 17.9 Å². The number of pyridine rings is 1. The summed E-state index contributed by atoms with van der Waals surface area (Å²) in [5.41, 5.74) is 0.408. The second-order valence-electron chi connectivity index (χ2n) is 5.15. The number of carbonyl (C=O) groups excluding carboxylic acids is 1. The van der Waals surface area contributed by atoms with E-state index in [0.29, 0.717) is 24.6 Å². The summed E-state index contributed by atoms with van der Waals surface area (Å²) in [6.45, 7) is 1.29. The second kappa shape index (κ2) is 4.31. The van der Waals surface area contributed by atoms with Crippen molar-refractivity contribution in [3.63, 3.8) is 0 Å². The first-order valence-electron chi connectivity index (χ1n) is 6.24. The Hall–Kier alpha value is -1.49. The summed E-state index contributed by atoms with van der Waals surface area (Å²) in [7, 11) is 0. The summed E-state index contributed by atoms with van der Waals surface area (Å²) < 4.78 is 12.7. The summed E-state index contributed by atoms with van der Waals surface area (Å²) in [6, 6.07) is 2.65. The van der Waals surface area contributed by atoms with Gasteiger partial charge in [-0.25, -0.2) is 4.98 Å². The van der Waals surface area contributed by atoms with Gasteiger partial charge in [-0.3, -0.25) is 4.79 Å². The molecule has 1 aromatic heterocycles. The highest BCUT2D eigenvalue weighted by Gasteiger charge is 2.43. The minimum atomic E-state index is -0.583. The maximum Gasteiger partial charge on any atom is 0.255 e. The third-order valence-electron chi connectivity index (χ3n) is 4.08. The molecule has 0 spiro atoms. The molecule has 1 saturated heterocycles. The average molecular weight is 250 g/mol. The molecule has 0 aromatic carbocycles. The molecule has 96 valence electrons. The molecule has 5 heteroatoms. The van der Waals surface area contributed by atoms with Gasteiger partial charge in [0, 0.05) is 25.2 Å². The number of nitrogens with zero attached hydrogens (tertiary/aromatic N) is 2. The maximum atomic E-state index is 12.7. The van der Waals surface area contributed by atoms with Gasteiger partial charge in [-0.05, 0) is 30.9 Å². The number of amides is 1. The van der Waals surface area contributed by atoms with Crippen LogP contribution in [0, 0.1) is 17.8 Å². The molecule has 1 amide bonds.